The molecule has 30 heavy (non-hydrogen) atoms. The molecule has 6 rings (SSSR count). The molecule has 4 aromatic rings. The number of aromatic nitrogens is 5. The zero-order valence-electron chi connectivity index (χ0n) is 15.5. The van der Waals surface area contributed by atoms with E-state index in [0.717, 1.165) is 12.8 Å². The molecule has 2 fully saturated rings. The smallest absolute Gasteiger partial charge is 0.231 e. The first-order valence-corrected chi connectivity index (χ1v) is 10.0. The van der Waals surface area contributed by atoms with Crippen LogP contribution in [0.15, 0.2) is 24.8 Å². The minimum Gasteiger partial charge on any atom is -0.309 e. The van der Waals surface area contributed by atoms with Crippen molar-refractivity contribution in [1.29, 1.82) is 0 Å². The number of carbonyl (C=O) groups excluding carboxylic acids is 1. The third kappa shape index (κ3) is 2.68. The van der Waals surface area contributed by atoms with Gasteiger partial charge in [0.1, 0.15) is 12.0 Å². The summed E-state index contributed by atoms with van der Waals surface area (Å²) in [5, 5.41) is 10.3. The highest BCUT2D eigenvalue weighted by Gasteiger charge is 2.43. The summed E-state index contributed by atoms with van der Waals surface area (Å²) in [6.07, 6.45) is 7.41. The van der Waals surface area contributed by atoms with E-state index in [1.165, 1.54) is 6.20 Å². The number of fused-ring (bicyclic) bond motifs is 2. The number of amides is 1. The summed E-state index contributed by atoms with van der Waals surface area (Å²) in [4.78, 5) is 20.6. The van der Waals surface area contributed by atoms with Gasteiger partial charge in [-0.1, -0.05) is 11.6 Å². The fourth-order valence-corrected chi connectivity index (χ4v) is 4.19. The van der Waals surface area contributed by atoms with Crippen molar-refractivity contribution in [2.45, 2.75) is 31.4 Å². The van der Waals surface area contributed by atoms with Crippen LogP contribution in [0.3, 0.4) is 0 Å². The van der Waals surface area contributed by atoms with E-state index in [4.69, 9.17) is 11.6 Å². The van der Waals surface area contributed by atoms with Crippen LogP contribution in [0.5, 0.6) is 0 Å². The largest absolute Gasteiger partial charge is 0.309 e. The Labute approximate surface area is 173 Å². The molecule has 7 nitrogen and oxygen atoms in total. The fourth-order valence-electron chi connectivity index (χ4n) is 3.89. The predicted molar refractivity (Wildman–Crippen MR) is 107 cm³/mol. The molecule has 1 amide bonds. The average Bonchev–Trinajstić information content (AvgIpc) is 3.59. The second-order valence-corrected chi connectivity index (χ2v) is 8.24. The monoisotopic (exact) mass is 428 g/mol. The molecule has 2 N–H and O–H groups in total. The highest BCUT2D eigenvalue weighted by atomic mass is 35.5. The second-order valence-electron chi connectivity index (χ2n) is 7.86. The van der Waals surface area contributed by atoms with E-state index in [9.17, 15) is 9.18 Å². The van der Waals surface area contributed by atoms with Crippen LogP contribution in [-0.4, -0.2) is 36.6 Å². The number of imidazole rings is 1. The Morgan fingerprint density at radius 1 is 1.30 bits per heavy atom. The Balaban J connectivity index is 1.43. The predicted octanol–water partition coefficient (Wildman–Crippen LogP) is 4.24. The van der Waals surface area contributed by atoms with E-state index in [2.05, 4.69) is 25.5 Å². The van der Waals surface area contributed by atoms with Crippen molar-refractivity contribution < 1.29 is 13.6 Å². The van der Waals surface area contributed by atoms with Crippen LogP contribution >= 0.6 is 11.6 Å². The fraction of sp³-hybridized carbons (Fsp3) is 0.300. The van der Waals surface area contributed by atoms with Crippen molar-refractivity contribution in [2.24, 2.45) is 5.92 Å². The second kappa shape index (κ2) is 6.21. The van der Waals surface area contributed by atoms with Gasteiger partial charge >= 0.3 is 0 Å². The number of alkyl halides is 1. The maximum Gasteiger partial charge on any atom is 0.231 e. The number of hydrogen-bond donors (Lipinski definition) is 2. The van der Waals surface area contributed by atoms with E-state index in [1.807, 2.05) is 0 Å². The number of carbonyl (C=O) groups is 1. The summed E-state index contributed by atoms with van der Waals surface area (Å²) in [5.74, 6) is -0.987. The summed E-state index contributed by atoms with van der Waals surface area (Å²) in [5.41, 5.74) is 2.59. The number of H-pyrrole nitrogens is 1. The molecule has 3 heterocycles. The first-order chi connectivity index (χ1) is 14.5. The van der Waals surface area contributed by atoms with Gasteiger partial charge in [-0.3, -0.25) is 14.9 Å². The van der Waals surface area contributed by atoms with Crippen LogP contribution in [0.4, 0.5) is 14.6 Å². The van der Waals surface area contributed by atoms with Gasteiger partial charge in [0, 0.05) is 22.7 Å². The van der Waals surface area contributed by atoms with Gasteiger partial charge in [0.2, 0.25) is 5.91 Å². The molecule has 0 radical (unpaired) electrons. The number of aromatic amines is 1. The summed E-state index contributed by atoms with van der Waals surface area (Å²) in [6.45, 7) is 0. The number of hydrogen-bond acceptors (Lipinski definition) is 4. The number of rotatable bonds is 4. The Bertz CT molecular complexity index is 1340. The molecule has 3 aromatic heterocycles. The van der Waals surface area contributed by atoms with E-state index in [-0.39, 0.29) is 23.3 Å². The summed E-state index contributed by atoms with van der Waals surface area (Å²) in [7, 11) is 0. The summed E-state index contributed by atoms with van der Waals surface area (Å²) < 4.78 is 29.9. The van der Waals surface area contributed by atoms with Crippen molar-refractivity contribution in [1.82, 2.24) is 24.6 Å². The van der Waals surface area contributed by atoms with E-state index in [1.54, 1.807) is 23.0 Å². The SMILES string of the molecule is O=C(Nc1cn2cc(-c3c(Cl)c(F)c(C4CC4)c4[nH]ncc34)ncc2n1)[C@@H]1C[C@@H]1F. The zero-order chi connectivity index (χ0) is 20.6. The van der Waals surface area contributed by atoms with Crippen LogP contribution in [0.2, 0.25) is 5.02 Å². The van der Waals surface area contributed by atoms with Gasteiger partial charge < -0.3 is 9.72 Å². The molecule has 0 saturated heterocycles. The molecule has 2 saturated carbocycles. The first-order valence-electron chi connectivity index (χ1n) is 9.65. The van der Waals surface area contributed by atoms with Crippen LogP contribution in [-0.2, 0) is 4.79 Å². The normalized spacial score (nSPS) is 20.8. The van der Waals surface area contributed by atoms with Gasteiger partial charge in [-0.2, -0.15) is 5.10 Å². The minimum absolute atomic E-state index is 0.00834. The summed E-state index contributed by atoms with van der Waals surface area (Å²) >= 11 is 6.45. The van der Waals surface area contributed by atoms with Crippen molar-refractivity contribution in [3.8, 4) is 11.3 Å². The minimum atomic E-state index is -1.08. The molecule has 0 unspecified atom stereocenters. The van der Waals surface area contributed by atoms with Gasteiger partial charge in [0.05, 0.1) is 40.7 Å². The Hall–Kier alpha value is -3.07. The van der Waals surface area contributed by atoms with Crippen LogP contribution in [0.25, 0.3) is 27.8 Å². The van der Waals surface area contributed by atoms with Gasteiger partial charge in [-0.15, -0.1) is 0 Å². The first kappa shape index (κ1) is 17.8. The molecule has 10 heteroatoms. The van der Waals surface area contributed by atoms with Gasteiger partial charge in [-0.05, 0) is 25.2 Å². The molecule has 1 aromatic carbocycles. The lowest BCUT2D eigenvalue weighted by atomic mass is 10.00. The maximum absolute atomic E-state index is 15.1. The standard InChI is InChI=1S/C20H15ClF2N6O/c21-17-16(10-4-25-28-19(10)15(18(17)23)8-1-2-8)12-6-29-7-13(26-14(29)5-24-12)27-20(30)9-3-11(9)22/h4-9,11H,1-3H2,(H,25,28)(H,27,30)/t9-,11+/m1/s1. The molecule has 2 aliphatic rings. The molecular weight excluding hydrogens is 414 g/mol. The average molecular weight is 429 g/mol. The van der Waals surface area contributed by atoms with Gasteiger partial charge in [-0.25, -0.2) is 13.8 Å². The lowest BCUT2D eigenvalue weighted by molar-refractivity contribution is -0.117. The van der Waals surface area contributed by atoms with Crippen molar-refractivity contribution in [3.05, 3.63) is 41.2 Å². The summed E-state index contributed by atoms with van der Waals surface area (Å²) in [6, 6.07) is 0. The van der Waals surface area contributed by atoms with Crippen LogP contribution in [0.1, 0.15) is 30.7 Å². The molecule has 0 spiro atoms. The zero-order valence-corrected chi connectivity index (χ0v) is 16.2. The van der Waals surface area contributed by atoms with Crippen LogP contribution < -0.4 is 5.32 Å². The number of halogens is 3. The lowest BCUT2D eigenvalue weighted by Gasteiger charge is -2.11. The number of nitrogens with one attached hydrogen (secondary N) is 2. The highest BCUT2D eigenvalue weighted by Crippen LogP contribution is 2.48. The van der Waals surface area contributed by atoms with E-state index in [0.29, 0.717) is 39.2 Å². The molecule has 2 atom stereocenters. The van der Waals surface area contributed by atoms with Crippen molar-refractivity contribution in [3.63, 3.8) is 0 Å². The third-order valence-corrected chi connectivity index (χ3v) is 6.07. The van der Waals surface area contributed by atoms with Crippen molar-refractivity contribution in [2.75, 3.05) is 5.32 Å². The molecule has 0 bridgehead atoms. The van der Waals surface area contributed by atoms with Crippen molar-refractivity contribution >= 4 is 39.9 Å². The van der Waals surface area contributed by atoms with Gasteiger partial charge in [0.15, 0.2) is 11.5 Å². The molecular formula is C20H15ClF2N6O. The maximum atomic E-state index is 15.1. The van der Waals surface area contributed by atoms with E-state index >= 15 is 4.39 Å². The molecule has 152 valence electrons. The topological polar surface area (TPSA) is 88.0 Å². The Morgan fingerprint density at radius 2 is 2.10 bits per heavy atom. The highest BCUT2D eigenvalue weighted by molar-refractivity contribution is 6.35. The third-order valence-electron chi connectivity index (χ3n) is 5.71. The number of benzene rings is 1. The van der Waals surface area contributed by atoms with E-state index < -0.39 is 17.9 Å². The Morgan fingerprint density at radius 3 is 2.83 bits per heavy atom. The molecule has 2 aliphatic carbocycles. The number of anilines is 1. The lowest BCUT2D eigenvalue weighted by Crippen LogP contribution is -2.15. The van der Waals surface area contributed by atoms with Crippen LogP contribution in [0, 0.1) is 11.7 Å². The quantitative estimate of drug-likeness (QED) is 0.509. The molecule has 0 aliphatic heterocycles. The number of nitrogens with zero attached hydrogens (tertiary/aromatic N) is 4. The van der Waals surface area contributed by atoms with Gasteiger partial charge in [0.25, 0.3) is 0 Å². The Kier molecular flexibility index (Phi) is 3.68.